The van der Waals surface area contributed by atoms with Crippen molar-refractivity contribution in [3.8, 4) is 5.75 Å². The van der Waals surface area contributed by atoms with Gasteiger partial charge in [0.25, 0.3) is 0 Å². The standard InChI is InChI=1S/C27H18ClNO3/c28-23-9-3-6-19(13-23)17-31-24-10-4-5-18(14-24)15-25-27(30)32-26(29-25)22-12-11-20-7-1-2-8-21(20)16-22/h1-16H,17H2/b25-15-. The van der Waals surface area contributed by atoms with E-state index in [1.807, 2.05) is 91.0 Å². The molecule has 1 aliphatic rings. The Morgan fingerprint density at radius 2 is 1.72 bits per heavy atom. The minimum atomic E-state index is -0.474. The Morgan fingerprint density at radius 1 is 0.875 bits per heavy atom. The van der Waals surface area contributed by atoms with Crippen molar-refractivity contribution in [3.63, 3.8) is 0 Å². The largest absolute Gasteiger partial charge is 0.489 e. The first-order valence-electron chi connectivity index (χ1n) is 10.1. The van der Waals surface area contributed by atoms with Gasteiger partial charge in [-0.25, -0.2) is 9.79 Å². The molecule has 0 atom stereocenters. The first-order chi connectivity index (χ1) is 15.6. The molecule has 4 aromatic rings. The van der Waals surface area contributed by atoms with E-state index in [1.165, 1.54) is 0 Å². The number of fused-ring (bicyclic) bond motifs is 1. The molecule has 32 heavy (non-hydrogen) atoms. The Balaban J connectivity index is 1.36. The number of aliphatic imine (C=N–C) groups is 1. The van der Waals surface area contributed by atoms with Gasteiger partial charge in [-0.2, -0.15) is 0 Å². The number of benzene rings is 4. The Hall–Kier alpha value is -3.89. The smallest absolute Gasteiger partial charge is 0.363 e. The number of carbonyl (C=O) groups excluding carboxylic acids is 1. The second kappa shape index (κ2) is 8.69. The lowest BCUT2D eigenvalue weighted by atomic mass is 10.1. The van der Waals surface area contributed by atoms with Gasteiger partial charge in [-0.1, -0.05) is 66.2 Å². The molecule has 1 aliphatic heterocycles. The number of nitrogens with zero attached hydrogens (tertiary/aromatic N) is 1. The molecule has 0 unspecified atom stereocenters. The zero-order valence-corrected chi connectivity index (χ0v) is 17.8. The van der Waals surface area contributed by atoms with Crippen molar-refractivity contribution in [1.82, 2.24) is 0 Å². The van der Waals surface area contributed by atoms with Crippen LogP contribution in [0.15, 0.2) is 102 Å². The molecule has 0 aliphatic carbocycles. The third kappa shape index (κ3) is 4.41. The van der Waals surface area contributed by atoms with Crippen LogP contribution in [0.2, 0.25) is 5.02 Å². The van der Waals surface area contributed by atoms with Crippen LogP contribution in [0.3, 0.4) is 0 Å². The Kier molecular flexibility index (Phi) is 5.44. The van der Waals surface area contributed by atoms with E-state index in [1.54, 1.807) is 6.08 Å². The fourth-order valence-corrected chi connectivity index (χ4v) is 3.71. The maximum absolute atomic E-state index is 12.4. The molecular weight excluding hydrogens is 422 g/mol. The number of rotatable bonds is 5. The number of cyclic esters (lactones) is 1. The third-order valence-corrected chi connectivity index (χ3v) is 5.31. The fraction of sp³-hybridized carbons (Fsp3) is 0.0370. The van der Waals surface area contributed by atoms with Gasteiger partial charge in [-0.3, -0.25) is 0 Å². The molecule has 4 aromatic carbocycles. The van der Waals surface area contributed by atoms with Crippen LogP contribution in [0.5, 0.6) is 5.75 Å². The van der Waals surface area contributed by atoms with E-state index < -0.39 is 5.97 Å². The maximum atomic E-state index is 12.4. The molecule has 4 nitrogen and oxygen atoms in total. The van der Waals surface area contributed by atoms with E-state index in [0.29, 0.717) is 23.3 Å². The number of ether oxygens (including phenoxy) is 2. The van der Waals surface area contributed by atoms with Gasteiger partial charge in [0.2, 0.25) is 5.90 Å². The predicted octanol–water partition coefficient (Wildman–Crippen LogP) is 6.42. The average Bonchev–Trinajstić information content (AvgIpc) is 3.18. The summed E-state index contributed by atoms with van der Waals surface area (Å²) >= 11 is 6.03. The van der Waals surface area contributed by atoms with Gasteiger partial charge < -0.3 is 9.47 Å². The maximum Gasteiger partial charge on any atom is 0.363 e. The predicted molar refractivity (Wildman–Crippen MR) is 127 cm³/mol. The lowest BCUT2D eigenvalue weighted by Gasteiger charge is -2.07. The van der Waals surface area contributed by atoms with E-state index in [4.69, 9.17) is 21.1 Å². The highest BCUT2D eigenvalue weighted by Gasteiger charge is 2.24. The van der Waals surface area contributed by atoms with Crippen molar-refractivity contribution in [2.24, 2.45) is 4.99 Å². The molecule has 0 amide bonds. The molecular formula is C27H18ClNO3. The molecule has 0 saturated carbocycles. The molecule has 0 fully saturated rings. The van der Waals surface area contributed by atoms with Crippen molar-refractivity contribution in [2.75, 3.05) is 0 Å². The molecule has 0 aromatic heterocycles. The summed E-state index contributed by atoms with van der Waals surface area (Å²) in [7, 11) is 0. The normalized spacial score (nSPS) is 14.5. The van der Waals surface area contributed by atoms with E-state index in [0.717, 1.165) is 27.5 Å². The molecule has 156 valence electrons. The van der Waals surface area contributed by atoms with Crippen LogP contribution in [0.1, 0.15) is 16.7 Å². The second-order valence-corrected chi connectivity index (χ2v) is 7.83. The quantitative estimate of drug-likeness (QED) is 0.266. The van der Waals surface area contributed by atoms with Crippen LogP contribution < -0.4 is 4.74 Å². The van der Waals surface area contributed by atoms with Gasteiger partial charge in [0.05, 0.1) is 0 Å². The van der Waals surface area contributed by atoms with Crippen LogP contribution in [-0.2, 0) is 16.1 Å². The summed E-state index contributed by atoms with van der Waals surface area (Å²) in [5, 5.41) is 2.85. The van der Waals surface area contributed by atoms with E-state index in [-0.39, 0.29) is 5.70 Å². The number of carbonyl (C=O) groups is 1. The summed E-state index contributed by atoms with van der Waals surface area (Å²) in [5.74, 6) is 0.517. The number of esters is 1. The fourth-order valence-electron chi connectivity index (χ4n) is 3.50. The van der Waals surface area contributed by atoms with Crippen LogP contribution in [0.25, 0.3) is 16.8 Å². The monoisotopic (exact) mass is 439 g/mol. The second-order valence-electron chi connectivity index (χ2n) is 7.39. The van der Waals surface area contributed by atoms with E-state index in [2.05, 4.69) is 4.99 Å². The number of hydrogen-bond donors (Lipinski definition) is 0. The first kappa shape index (κ1) is 20.0. The zero-order valence-electron chi connectivity index (χ0n) is 17.0. The Bertz CT molecular complexity index is 1390. The lowest BCUT2D eigenvalue weighted by Crippen LogP contribution is -2.05. The molecule has 0 bridgehead atoms. The minimum Gasteiger partial charge on any atom is -0.489 e. The topological polar surface area (TPSA) is 47.9 Å². The number of hydrogen-bond acceptors (Lipinski definition) is 4. The average molecular weight is 440 g/mol. The summed E-state index contributed by atoms with van der Waals surface area (Å²) in [6.45, 7) is 0.396. The summed E-state index contributed by atoms with van der Waals surface area (Å²) in [4.78, 5) is 16.8. The van der Waals surface area contributed by atoms with Crippen molar-refractivity contribution in [2.45, 2.75) is 6.61 Å². The van der Waals surface area contributed by atoms with Crippen LogP contribution >= 0.6 is 11.6 Å². The Morgan fingerprint density at radius 3 is 2.59 bits per heavy atom. The van der Waals surface area contributed by atoms with Gasteiger partial charge in [-0.15, -0.1) is 0 Å². The summed E-state index contributed by atoms with van der Waals surface area (Å²) in [6, 6.07) is 28.9. The SMILES string of the molecule is O=C1OC(c2ccc3ccccc3c2)=N/C1=C\c1cccc(OCc2cccc(Cl)c2)c1. The zero-order chi connectivity index (χ0) is 21.9. The molecule has 0 radical (unpaired) electrons. The van der Waals surface area contributed by atoms with Crippen molar-refractivity contribution < 1.29 is 14.3 Å². The van der Waals surface area contributed by atoms with Gasteiger partial charge in [0, 0.05) is 10.6 Å². The minimum absolute atomic E-state index is 0.250. The molecule has 0 spiro atoms. The number of halogens is 1. The highest BCUT2D eigenvalue weighted by molar-refractivity contribution is 6.30. The highest BCUT2D eigenvalue weighted by atomic mass is 35.5. The van der Waals surface area contributed by atoms with E-state index in [9.17, 15) is 4.79 Å². The van der Waals surface area contributed by atoms with E-state index >= 15 is 0 Å². The summed E-state index contributed by atoms with van der Waals surface area (Å²) in [5.41, 5.74) is 2.79. The Labute approximate surface area is 190 Å². The van der Waals surface area contributed by atoms with Crippen LogP contribution in [0, 0.1) is 0 Å². The molecule has 5 heteroatoms. The third-order valence-electron chi connectivity index (χ3n) is 5.07. The summed E-state index contributed by atoms with van der Waals surface area (Å²) < 4.78 is 11.3. The van der Waals surface area contributed by atoms with Gasteiger partial charge >= 0.3 is 5.97 Å². The van der Waals surface area contributed by atoms with Crippen molar-refractivity contribution >= 4 is 40.3 Å². The van der Waals surface area contributed by atoms with Crippen LogP contribution in [-0.4, -0.2) is 11.9 Å². The highest BCUT2D eigenvalue weighted by Crippen LogP contribution is 2.24. The van der Waals surface area contributed by atoms with Gasteiger partial charge in [-0.05, 0) is 64.4 Å². The van der Waals surface area contributed by atoms with Crippen molar-refractivity contribution in [1.29, 1.82) is 0 Å². The van der Waals surface area contributed by atoms with Crippen LogP contribution in [0.4, 0.5) is 0 Å². The lowest BCUT2D eigenvalue weighted by molar-refractivity contribution is -0.129. The first-order valence-corrected chi connectivity index (χ1v) is 10.5. The molecule has 0 N–H and O–H groups in total. The molecule has 1 heterocycles. The van der Waals surface area contributed by atoms with Gasteiger partial charge in [0.1, 0.15) is 12.4 Å². The summed E-state index contributed by atoms with van der Waals surface area (Å²) in [6.07, 6.45) is 1.70. The van der Waals surface area contributed by atoms with Gasteiger partial charge in [0.15, 0.2) is 5.70 Å². The molecule has 5 rings (SSSR count). The molecule has 0 saturated heterocycles. The van der Waals surface area contributed by atoms with Crippen molar-refractivity contribution in [3.05, 3.63) is 118 Å².